The Bertz CT molecular complexity index is 1270. The van der Waals surface area contributed by atoms with Gasteiger partial charge in [0.2, 0.25) is 0 Å². The van der Waals surface area contributed by atoms with Gasteiger partial charge in [0.05, 0.1) is 5.69 Å². The first-order valence-electron chi connectivity index (χ1n) is 12.4. The van der Waals surface area contributed by atoms with Crippen molar-refractivity contribution < 1.29 is 18.3 Å². The Kier molecular flexibility index (Phi) is 8.20. The maximum atomic E-state index is 13.8. The molecule has 0 saturated carbocycles. The second-order valence-corrected chi connectivity index (χ2v) is 13.1. The Hall–Kier alpha value is -3.16. The molecule has 3 aromatic rings. The summed E-state index contributed by atoms with van der Waals surface area (Å²) in [6.07, 6.45) is -1.55. The molecule has 0 bridgehead atoms. The molecular formula is C30H38N2O4S. The molecule has 0 saturated heterocycles. The number of anilines is 1. The number of hydrogen-bond acceptors (Lipinski definition) is 3. The minimum atomic E-state index is -4.48. The Morgan fingerprint density at radius 2 is 1.24 bits per heavy atom. The van der Waals surface area contributed by atoms with E-state index < -0.39 is 27.1 Å². The van der Waals surface area contributed by atoms with Gasteiger partial charge in [0.25, 0.3) is 0 Å². The first kappa shape index (κ1) is 28.4. The lowest BCUT2D eigenvalue weighted by molar-refractivity contribution is 0.206. The molecule has 0 heterocycles. The Labute approximate surface area is 221 Å². The maximum Gasteiger partial charge on any atom is 0.426 e. The Balaban J connectivity index is 2.13. The standard InChI is InChI=1S/C30H38N2O4S/c1-21-18-25(29(2,3)4)27(26(19-21)30(5,6)7)32(28(33)34)37(35,36)31-20-24(22-14-10-8-11-15-22)23-16-12-9-13-17-23/h8-19,24,31H,20H2,1-7H3,(H,33,34). The third-order valence-corrected chi connectivity index (χ3v) is 7.71. The van der Waals surface area contributed by atoms with Crippen LogP contribution < -0.4 is 9.03 Å². The van der Waals surface area contributed by atoms with Gasteiger partial charge in [0.1, 0.15) is 0 Å². The number of carboxylic acid groups (broad SMARTS) is 1. The van der Waals surface area contributed by atoms with Gasteiger partial charge in [-0.25, -0.2) is 4.79 Å². The summed E-state index contributed by atoms with van der Waals surface area (Å²) in [5, 5.41) is 10.3. The number of rotatable bonds is 7. The highest BCUT2D eigenvalue weighted by Gasteiger charge is 2.38. The molecule has 1 amide bonds. The van der Waals surface area contributed by atoms with Gasteiger partial charge >= 0.3 is 16.3 Å². The summed E-state index contributed by atoms with van der Waals surface area (Å²) >= 11 is 0. The zero-order valence-electron chi connectivity index (χ0n) is 22.7. The molecule has 0 atom stereocenters. The monoisotopic (exact) mass is 522 g/mol. The largest absolute Gasteiger partial charge is 0.464 e. The van der Waals surface area contributed by atoms with Gasteiger partial charge < -0.3 is 5.11 Å². The molecule has 6 nitrogen and oxygen atoms in total. The van der Waals surface area contributed by atoms with Crippen molar-refractivity contribution in [3.8, 4) is 0 Å². The second-order valence-electron chi connectivity index (χ2n) is 11.5. The molecule has 7 heteroatoms. The molecule has 198 valence electrons. The number of nitrogens with one attached hydrogen (secondary N) is 1. The fourth-order valence-corrected chi connectivity index (χ4v) is 5.66. The normalized spacial score (nSPS) is 12.5. The van der Waals surface area contributed by atoms with Crippen molar-refractivity contribution in [2.75, 3.05) is 10.8 Å². The van der Waals surface area contributed by atoms with Crippen LogP contribution in [-0.4, -0.2) is 26.2 Å². The molecule has 0 aromatic heterocycles. The van der Waals surface area contributed by atoms with E-state index in [4.69, 9.17) is 0 Å². The van der Waals surface area contributed by atoms with Crippen molar-refractivity contribution in [1.29, 1.82) is 0 Å². The lowest BCUT2D eigenvalue weighted by Crippen LogP contribution is -2.47. The molecule has 3 aromatic carbocycles. The molecule has 37 heavy (non-hydrogen) atoms. The van der Waals surface area contributed by atoms with E-state index in [2.05, 4.69) is 4.72 Å². The molecule has 0 unspecified atom stereocenters. The van der Waals surface area contributed by atoms with Crippen LogP contribution in [0.5, 0.6) is 0 Å². The zero-order chi connectivity index (χ0) is 27.6. The average molecular weight is 523 g/mol. The molecule has 3 rings (SSSR count). The van der Waals surface area contributed by atoms with Crippen LogP contribution in [0, 0.1) is 6.92 Å². The van der Waals surface area contributed by atoms with E-state index in [-0.39, 0.29) is 18.2 Å². The average Bonchev–Trinajstić information content (AvgIpc) is 2.79. The number of nitrogens with zero attached hydrogens (tertiary/aromatic N) is 1. The van der Waals surface area contributed by atoms with Gasteiger partial charge in [-0.3, -0.25) is 0 Å². The highest BCUT2D eigenvalue weighted by atomic mass is 32.2. The van der Waals surface area contributed by atoms with E-state index in [1.54, 1.807) is 0 Å². The summed E-state index contributed by atoms with van der Waals surface area (Å²) in [5.41, 5.74) is 3.33. The zero-order valence-corrected chi connectivity index (χ0v) is 23.6. The number of amides is 1. The van der Waals surface area contributed by atoms with E-state index in [0.717, 1.165) is 16.7 Å². The van der Waals surface area contributed by atoms with Crippen LogP contribution in [0.15, 0.2) is 72.8 Å². The van der Waals surface area contributed by atoms with Gasteiger partial charge in [-0.1, -0.05) is 120 Å². The SMILES string of the molecule is Cc1cc(C(C)(C)C)c(N(C(=O)O)S(=O)(=O)NCC(c2ccccc2)c2ccccc2)c(C(C)(C)C)c1. The van der Waals surface area contributed by atoms with Crippen molar-refractivity contribution in [1.82, 2.24) is 4.72 Å². The van der Waals surface area contributed by atoms with Crippen LogP contribution in [0.25, 0.3) is 0 Å². The summed E-state index contributed by atoms with van der Waals surface area (Å²) in [5.74, 6) is -0.296. The van der Waals surface area contributed by atoms with E-state index >= 15 is 0 Å². The van der Waals surface area contributed by atoms with Crippen LogP contribution in [0.1, 0.15) is 75.3 Å². The lowest BCUT2D eigenvalue weighted by atomic mass is 9.77. The highest BCUT2D eigenvalue weighted by molar-refractivity contribution is 7.91. The first-order valence-corrected chi connectivity index (χ1v) is 13.9. The highest BCUT2D eigenvalue weighted by Crippen LogP contribution is 2.42. The van der Waals surface area contributed by atoms with E-state index in [9.17, 15) is 18.3 Å². The molecule has 0 aliphatic heterocycles. The van der Waals surface area contributed by atoms with E-state index in [1.165, 1.54) is 0 Å². The van der Waals surface area contributed by atoms with Gasteiger partial charge in [-0.15, -0.1) is 0 Å². The number of hydrogen-bond donors (Lipinski definition) is 2. The van der Waals surface area contributed by atoms with Crippen LogP contribution in [0.3, 0.4) is 0 Å². The Morgan fingerprint density at radius 1 is 0.838 bits per heavy atom. The summed E-state index contributed by atoms with van der Waals surface area (Å²) in [4.78, 5) is 12.7. The first-order chi connectivity index (χ1) is 17.1. The van der Waals surface area contributed by atoms with Crippen molar-refractivity contribution in [3.05, 3.63) is 101 Å². The summed E-state index contributed by atoms with van der Waals surface area (Å²) < 4.78 is 30.8. The fraction of sp³-hybridized carbons (Fsp3) is 0.367. The van der Waals surface area contributed by atoms with Gasteiger partial charge in [-0.2, -0.15) is 17.4 Å². The summed E-state index contributed by atoms with van der Waals surface area (Å²) in [6, 6.07) is 22.9. The molecule has 0 aliphatic carbocycles. The second kappa shape index (κ2) is 10.7. The van der Waals surface area contributed by atoms with Crippen LogP contribution in [0.2, 0.25) is 0 Å². The van der Waals surface area contributed by atoms with E-state index in [1.807, 2.05) is 121 Å². The summed E-state index contributed by atoms with van der Waals surface area (Å²) in [7, 11) is -4.48. The summed E-state index contributed by atoms with van der Waals surface area (Å²) in [6.45, 7) is 13.7. The minimum Gasteiger partial charge on any atom is -0.464 e. The Morgan fingerprint density at radius 3 is 1.59 bits per heavy atom. The topological polar surface area (TPSA) is 86.7 Å². The smallest absolute Gasteiger partial charge is 0.426 e. The molecule has 0 radical (unpaired) electrons. The van der Waals surface area contributed by atoms with Crippen molar-refractivity contribution in [2.45, 2.75) is 65.2 Å². The van der Waals surface area contributed by atoms with Crippen molar-refractivity contribution in [2.24, 2.45) is 0 Å². The minimum absolute atomic E-state index is 0.00169. The van der Waals surface area contributed by atoms with Crippen molar-refractivity contribution in [3.63, 3.8) is 0 Å². The van der Waals surface area contributed by atoms with Gasteiger partial charge in [-0.05, 0) is 40.0 Å². The fourth-order valence-electron chi connectivity index (χ4n) is 4.51. The van der Waals surface area contributed by atoms with Crippen LogP contribution in [-0.2, 0) is 21.0 Å². The molecule has 0 fully saturated rings. The maximum absolute atomic E-state index is 13.8. The van der Waals surface area contributed by atoms with Gasteiger partial charge in [0.15, 0.2) is 0 Å². The van der Waals surface area contributed by atoms with Crippen LogP contribution >= 0.6 is 0 Å². The molecule has 0 spiro atoms. The number of aryl methyl sites for hydroxylation is 1. The quantitative estimate of drug-likeness (QED) is 0.360. The molecular weight excluding hydrogens is 484 g/mol. The predicted octanol–water partition coefficient (Wildman–Crippen LogP) is 6.74. The number of carbonyl (C=O) groups is 1. The lowest BCUT2D eigenvalue weighted by Gasteiger charge is -2.34. The third kappa shape index (κ3) is 6.59. The molecule has 0 aliphatic rings. The van der Waals surface area contributed by atoms with E-state index in [0.29, 0.717) is 15.4 Å². The molecule has 2 N–H and O–H groups in total. The van der Waals surface area contributed by atoms with Gasteiger partial charge in [0, 0.05) is 12.5 Å². The number of benzene rings is 3. The van der Waals surface area contributed by atoms with Crippen LogP contribution in [0.4, 0.5) is 10.5 Å². The van der Waals surface area contributed by atoms with Crippen molar-refractivity contribution >= 4 is 22.0 Å². The predicted molar refractivity (Wildman–Crippen MR) is 151 cm³/mol. The third-order valence-electron chi connectivity index (χ3n) is 6.36.